The van der Waals surface area contributed by atoms with Crippen LogP contribution in [0.15, 0.2) is 29.6 Å². The van der Waals surface area contributed by atoms with Crippen LogP contribution in [0.25, 0.3) is 10.6 Å². The molecule has 1 aromatic heterocycles. The highest BCUT2D eigenvalue weighted by atomic mass is 32.1. The second-order valence-corrected chi connectivity index (χ2v) is 5.83. The molecule has 2 nitrogen and oxygen atoms in total. The van der Waals surface area contributed by atoms with Crippen molar-refractivity contribution < 1.29 is 0 Å². The summed E-state index contributed by atoms with van der Waals surface area (Å²) in [6, 6.07) is 8.64. The van der Waals surface area contributed by atoms with Gasteiger partial charge in [0.2, 0.25) is 0 Å². The molecule has 3 rings (SSSR count). The third kappa shape index (κ3) is 2.47. The molecule has 0 atom stereocenters. The van der Waals surface area contributed by atoms with Crippen LogP contribution in [-0.2, 0) is 0 Å². The SMILES string of the molecule is Cc1ccc(-c2nc(C3CCNCC3)cs2)cc1. The Bertz CT molecular complexity index is 510. The first-order valence-electron chi connectivity index (χ1n) is 6.56. The Morgan fingerprint density at radius 3 is 2.61 bits per heavy atom. The number of thiazole rings is 1. The Morgan fingerprint density at radius 1 is 1.17 bits per heavy atom. The topological polar surface area (TPSA) is 24.9 Å². The minimum atomic E-state index is 0.654. The number of nitrogens with one attached hydrogen (secondary N) is 1. The van der Waals surface area contributed by atoms with Crippen LogP contribution in [-0.4, -0.2) is 18.1 Å². The van der Waals surface area contributed by atoms with E-state index in [9.17, 15) is 0 Å². The number of hydrogen-bond acceptors (Lipinski definition) is 3. The van der Waals surface area contributed by atoms with E-state index in [0.717, 1.165) is 18.1 Å². The average molecular weight is 258 g/mol. The first-order valence-corrected chi connectivity index (χ1v) is 7.44. The van der Waals surface area contributed by atoms with Gasteiger partial charge in [-0.05, 0) is 32.9 Å². The molecule has 94 valence electrons. The van der Waals surface area contributed by atoms with Crippen molar-refractivity contribution in [2.24, 2.45) is 0 Å². The monoisotopic (exact) mass is 258 g/mol. The Hall–Kier alpha value is -1.19. The van der Waals surface area contributed by atoms with Crippen molar-refractivity contribution in [3.8, 4) is 10.6 Å². The predicted octanol–water partition coefficient (Wildman–Crippen LogP) is 3.59. The van der Waals surface area contributed by atoms with Crippen LogP contribution >= 0.6 is 11.3 Å². The van der Waals surface area contributed by atoms with Crippen molar-refractivity contribution in [3.05, 3.63) is 40.9 Å². The zero-order valence-corrected chi connectivity index (χ0v) is 11.5. The van der Waals surface area contributed by atoms with Crippen molar-refractivity contribution >= 4 is 11.3 Å². The number of piperidine rings is 1. The highest BCUT2D eigenvalue weighted by molar-refractivity contribution is 7.13. The minimum Gasteiger partial charge on any atom is -0.317 e. The van der Waals surface area contributed by atoms with Gasteiger partial charge in [0.05, 0.1) is 5.69 Å². The van der Waals surface area contributed by atoms with Gasteiger partial charge in [-0.3, -0.25) is 0 Å². The van der Waals surface area contributed by atoms with Gasteiger partial charge in [-0.1, -0.05) is 29.8 Å². The summed E-state index contributed by atoms with van der Waals surface area (Å²) in [4.78, 5) is 4.82. The lowest BCUT2D eigenvalue weighted by Gasteiger charge is -2.20. The molecule has 0 spiro atoms. The number of aryl methyl sites for hydroxylation is 1. The Morgan fingerprint density at radius 2 is 1.89 bits per heavy atom. The van der Waals surface area contributed by atoms with Crippen LogP contribution in [0.3, 0.4) is 0 Å². The number of aromatic nitrogens is 1. The van der Waals surface area contributed by atoms with Gasteiger partial charge in [-0.2, -0.15) is 0 Å². The molecule has 1 N–H and O–H groups in total. The second kappa shape index (κ2) is 5.21. The third-order valence-corrected chi connectivity index (χ3v) is 4.49. The van der Waals surface area contributed by atoms with Crippen LogP contribution in [0.5, 0.6) is 0 Å². The number of benzene rings is 1. The maximum Gasteiger partial charge on any atom is 0.123 e. The summed E-state index contributed by atoms with van der Waals surface area (Å²) in [6.07, 6.45) is 2.44. The molecule has 1 fully saturated rings. The van der Waals surface area contributed by atoms with E-state index >= 15 is 0 Å². The highest BCUT2D eigenvalue weighted by Gasteiger charge is 2.18. The van der Waals surface area contributed by atoms with Gasteiger partial charge in [-0.15, -0.1) is 11.3 Å². The first kappa shape index (κ1) is 11.9. The fourth-order valence-corrected chi connectivity index (χ4v) is 3.33. The Labute approximate surface area is 112 Å². The van der Waals surface area contributed by atoms with Crippen molar-refractivity contribution in [1.29, 1.82) is 0 Å². The van der Waals surface area contributed by atoms with Gasteiger partial charge in [-0.25, -0.2) is 4.98 Å². The van der Waals surface area contributed by atoms with Gasteiger partial charge in [0.15, 0.2) is 0 Å². The largest absolute Gasteiger partial charge is 0.317 e. The van der Waals surface area contributed by atoms with Gasteiger partial charge in [0.25, 0.3) is 0 Å². The normalized spacial score (nSPS) is 16.9. The zero-order valence-electron chi connectivity index (χ0n) is 10.6. The fraction of sp³-hybridized carbons (Fsp3) is 0.400. The summed E-state index contributed by atoms with van der Waals surface area (Å²) >= 11 is 1.77. The summed E-state index contributed by atoms with van der Waals surface area (Å²) in [5, 5.41) is 6.80. The molecule has 0 bridgehead atoms. The van der Waals surface area contributed by atoms with Crippen molar-refractivity contribution in [2.75, 3.05) is 13.1 Å². The van der Waals surface area contributed by atoms with E-state index < -0.39 is 0 Å². The lowest BCUT2D eigenvalue weighted by molar-refractivity contribution is 0.455. The average Bonchev–Trinajstić information content (AvgIpc) is 2.90. The standard InChI is InChI=1S/C15H18N2S/c1-11-2-4-13(5-3-11)15-17-14(10-18-15)12-6-8-16-9-7-12/h2-5,10,12,16H,6-9H2,1H3. The lowest BCUT2D eigenvalue weighted by Crippen LogP contribution is -2.26. The summed E-state index contributed by atoms with van der Waals surface area (Å²) in [6.45, 7) is 4.37. The molecule has 0 amide bonds. The summed E-state index contributed by atoms with van der Waals surface area (Å²) in [5.41, 5.74) is 3.83. The maximum atomic E-state index is 4.82. The molecular formula is C15H18N2S. The predicted molar refractivity (Wildman–Crippen MR) is 77.1 cm³/mol. The maximum absolute atomic E-state index is 4.82. The molecule has 0 unspecified atom stereocenters. The zero-order chi connectivity index (χ0) is 12.4. The second-order valence-electron chi connectivity index (χ2n) is 4.97. The van der Waals surface area contributed by atoms with Crippen LogP contribution < -0.4 is 5.32 Å². The van der Waals surface area contributed by atoms with Crippen LogP contribution in [0.1, 0.15) is 30.0 Å². The quantitative estimate of drug-likeness (QED) is 0.890. The number of hydrogen-bond donors (Lipinski definition) is 1. The molecule has 2 heterocycles. The molecule has 2 aromatic rings. The molecular weight excluding hydrogens is 240 g/mol. The lowest BCUT2D eigenvalue weighted by atomic mass is 9.95. The van der Waals surface area contributed by atoms with E-state index in [1.807, 2.05) is 0 Å². The van der Waals surface area contributed by atoms with E-state index in [4.69, 9.17) is 4.98 Å². The first-order chi connectivity index (χ1) is 8.83. The molecule has 0 aliphatic carbocycles. The van der Waals surface area contributed by atoms with Gasteiger partial charge in [0, 0.05) is 16.9 Å². The highest BCUT2D eigenvalue weighted by Crippen LogP contribution is 2.30. The molecule has 1 aromatic carbocycles. The van der Waals surface area contributed by atoms with Crippen molar-refractivity contribution in [1.82, 2.24) is 10.3 Å². The Balaban J connectivity index is 1.82. The van der Waals surface area contributed by atoms with Crippen LogP contribution in [0, 0.1) is 6.92 Å². The molecule has 3 heteroatoms. The van der Waals surface area contributed by atoms with Gasteiger partial charge >= 0.3 is 0 Å². The van der Waals surface area contributed by atoms with Crippen molar-refractivity contribution in [3.63, 3.8) is 0 Å². The molecule has 1 aliphatic heterocycles. The fourth-order valence-electron chi connectivity index (χ4n) is 2.42. The van der Waals surface area contributed by atoms with E-state index in [1.165, 1.54) is 29.7 Å². The molecule has 0 saturated carbocycles. The number of rotatable bonds is 2. The van der Waals surface area contributed by atoms with E-state index in [2.05, 4.69) is 41.9 Å². The van der Waals surface area contributed by atoms with E-state index in [-0.39, 0.29) is 0 Å². The smallest absolute Gasteiger partial charge is 0.123 e. The van der Waals surface area contributed by atoms with Gasteiger partial charge < -0.3 is 5.32 Å². The molecule has 0 radical (unpaired) electrons. The summed E-state index contributed by atoms with van der Waals surface area (Å²) < 4.78 is 0. The summed E-state index contributed by atoms with van der Waals surface area (Å²) in [5.74, 6) is 0.654. The third-order valence-electron chi connectivity index (χ3n) is 3.58. The van der Waals surface area contributed by atoms with Crippen molar-refractivity contribution in [2.45, 2.75) is 25.7 Å². The molecule has 1 saturated heterocycles. The van der Waals surface area contributed by atoms with Crippen LogP contribution in [0.2, 0.25) is 0 Å². The minimum absolute atomic E-state index is 0.654. The van der Waals surface area contributed by atoms with E-state index in [1.54, 1.807) is 11.3 Å². The Kier molecular flexibility index (Phi) is 3.43. The molecule has 18 heavy (non-hydrogen) atoms. The molecule has 1 aliphatic rings. The van der Waals surface area contributed by atoms with E-state index in [0.29, 0.717) is 5.92 Å². The van der Waals surface area contributed by atoms with Crippen LogP contribution in [0.4, 0.5) is 0 Å². The summed E-state index contributed by atoms with van der Waals surface area (Å²) in [7, 11) is 0. The number of nitrogens with zero attached hydrogens (tertiary/aromatic N) is 1. The van der Waals surface area contributed by atoms with Gasteiger partial charge in [0.1, 0.15) is 5.01 Å².